The molecule has 5 nitrogen and oxygen atoms in total. The second-order valence-corrected chi connectivity index (χ2v) is 5.46. The highest BCUT2D eigenvalue weighted by atomic mass is 32.2. The van der Waals surface area contributed by atoms with Crippen LogP contribution in [0.25, 0.3) is 0 Å². The number of hydrogen-bond donors (Lipinski definition) is 1. The van der Waals surface area contributed by atoms with Crippen LogP contribution in [0.15, 0.2) is 0 Å². The highest BCUT2D eigenvalue weighted by Crippen LogP contribution is 2.29. The summed E-state index contributed by atoms with van der Waals surface area (Å²) in [6, 6.07) is 0.488. The summed E-state index contributed by atoms with van der Waals surface area (Å²) >= 11 is 2.07. The molecule has 1 aromatic heterocycles. The van der Waals surface area contributed by atoms with Crippen LogP contribution in [0.5, 0.6) is 0 Å². The van der Waals surface area contributed by atoms with E-state index in [1.165, 1.54) is 23.4 Å². The summed E-state index contributed by atoms with van der Waals surface area (Å²) in [6.07, 6.45) is 3.53. The van der Waals surface area contributed by atoms with Crippen LogP contribution in [-0.4, -0.2) is 43.8 Å². The van der Waals surface area contributed by atoms with Gasteiger partial charge in [0, 0.05) is 17.7 Å². The summed E-state index contributed by atoms with van der Waals surface area (Å²) in [7, 11) is 1.81. The van der Waals surface area contributed by atoms with Gasteiger partial charge in [-0.15, -0.1) is 10.2 Å². The summed E-state index contributed by atoms with van der Waals surface area (Å²) in [4.78, 5) is 1.53. The molecule has 1 aliphatic rings. The van der Waals surface area contributed by atoms with Crippen molar-refractivity contribution >= 4 is 11.8 Å². The van der Waals surface area contributed by atoms with Gasteiger partial charge in [0.25, 0.3) is 0 Å². The second-order valence-electron chi connectivity index (χ2n) is 4.11. The molecular formula is C10H19N5S. The quantitative estimate of drug-likeness (QED) is 0.819. The van der Waals surface area contributed by atoms with Crippen LogP contribution in [-0.2, 0) is 13.5 Å². The van der Waals surface area contributed by atoms with Crippen LogP contribution in [0, 0.1) is 0 Å². The number of likely N-dealkylation sites (N-methyl/N-ethyl adjacent to an activating group) is 1. The van der Waals surface area contributed by atoms with E-state index >= 15 is 0 Å². The fourth-order valence-corrected chi connectivity index (χ4v) is 3.51. The third-order valence-electron chi connectivity index (χ3n) is 2.83. The second kappa shape index (κ2) is 5.63. The van der Waals surface area contributed by atoms with Gasteiger partial charge in [-0.3, -0.25) is 0 Å². The molecule has 16 heavy (non-hydrogen) atoms. The predicted octanol–water partition coefficient (Wildman–Crippen LogP) is 0.626. The third-order valence-corrected chi connectivity index (χ3v) is 4.35. The molecule has 0 amide bonds. The summed E-state index contributed by atoms with van der Waals surface area (Å²) in [5.74, 6) is 2.14. The number of aryl methyl sites for hydroxylation is 1. The Hall–Kier alpha value is -0.620. The van der Waals surface area contributed by atoms with Crippen molar-refractivity contribution in [2.75, 3.05) is 12.3 Å². The number of aromatic nitrogens is 4. The van der Waals surface area contributed by atoms with Crippen molar-refractivity contribution in [2.45, 2.75) is 37.5 Å². The molecule has 1 fully saturated rings. The van der Waals surface area contributed by atoms with Crippen molar-refractivity contribution in [3.63, 3.8) is 0 Å². The van der Waals surface area contributed by atoms with Crippen LogP contribution in [0.4, 0.5) is 0 Å². The van der Waals surface area contributed by atoms with E-state index in [1.54, 1.807) is 0 Å². The Labute approximate surface area is 100 Å². The van der Waals surface area contributed by atoms with Gasteiger partial charge in [-0.1, -0.05) is 6.92 Å². The van der Waals surface area contributed by atoms with E-state index in [2.05, 4.69) is 39.4 Å². The molecule has 1 aromatic rings. The zero-order valence-corrected chi connectivity index (χ0v) is 10.7. The maximum atomic E-state index is 4.25. The molecule has 2 unspecified atom stereocenters. The van der Waals surface area contributed by atoms with E-state index < -0.39 is 0 Å². The normalized spacial score (nSPS) is 22.5. The first kappa shape index (κ1) is 11.9. The predicted molar refractivity (Wildman–Crippen MR) is 65.4 cm³/mol. The molecule has 2 rings (SSSR count). The van der Waals surface area contributed by atoms with Gasteiger partial charge in [0.05, 0.1) is 7.05 Å². The molecule has 6 heteroatoms. The first-order valence-corrected chi connectivity index (χ1v) is 6.92. The van der Waals surface area contributed by atoms with E-state index in [4.69, 9.17) is 0 Å². The molecule has 1 saturated heterocycles. The fourth-order valence-electron chi connectivity index (χ4n) is 2.12. The number of hydrogen-bond acceptors (Lipinski definition) is 5. The molecule has 0 saturated carbocycles. The Bertz CT molecular complexity index is 321. The molecule has 90 valence electrons. The Balaban J connectivity index is 1.96. The van der Waals surface area contributed by atoms with E-state index in [9.17, 15) is 0 Å². The van der Waals surface area contributed by atoms with Gasteiger partial charge in [0.15, 0.2) is 5.82 Å². The SMILES string of the molecule is CCNC(Cc1nnn(C)n1)C1CCCS1. The minimum Gasteiger partial charge on any atom is -0.313 e. The number of nitrogens with one attached hydrogen (secondary N) is 1. The molecule has 0 aromatic carbocycles. The van der Waals surface area contributed by atoms with Gasteiger partial charge in [-0.05, 0) is 30.4 Å². The van der Waals surface area contributed by atoms with Gasteiger partial charge < -0.3 is 5.32 Å². The Morgan fingerprint density at radius 1 is 1.62 bits per heavy atom. The monoisotopic (exact) mass is 241 g/mol. The highest BCUT2D eigenvalue weighted by Gasteiger charge is 2.26. The number of thioether (sulfide) groups is 1. The Morgan fingerprint density at radius 3 is 3.06 bits per heavy atom. The average Bonchev–Trinajstić information content (AvgIpc) is 2.88. The van der Waals surface area contributed by atoms with Crippen molar-refractivity contribution < 1.29 is 0 Å². The van der Waals surface area contributed by atoms with Gasteiger partial charge in [0.1, 0.15) is 0 Å². The summed E-state index contributed by atoms with van der Waals surface area (Å²) in [6.45, 7) is 3.15. The molecule has 0 radical (unpaired) electrons. The molecule has 0 spiro atoms. The minimum absolute atomic E-state index is 0.488. The van der Waals surface area contributed by atoms with Crippen LogP contribution in [0.2, 0.25) is 0 Å². The molecule has 2 atom stereocenters. The van der Waals surface area contributed by atoms with Crippen LogP contribution >= 0.6 is 11.8 Å². The molecule has 0 bridgehead atoms. The Kier molecular flexibility index (Phi) is 4.17. The van der Waals surface area contributed by atoms with Crippen molar-refractivity contribution in [3.8, 4) is 0 Å². The van der Waals surface area contributed by atoms with E-state index in [-0.39, 0.29) is 0 Å². The zero-order valence-electron chi connectivity index (χ0n) is 9.89. The van der Waals surface area contributed by atoms with Gasteiger partial charge in [-0.2, -0.15) is 16.6 Å². The summed E-state index contributed by atoms with van der Waals surface area (Å²) < 4.78 is 0. The van der Waals surface area contributed by atoms with E-state index in [0.29, 0.717) is 11.3 Å². The molecule has 0 aliphatic carbocycles. The van der Waals surface area contributed by atoms with Gasteiger partial charge >= 0.3 is 0 Å². The molecule has 1 aliphatic heterocycles. The van der Waals surface area contributed by atoms with Crippen molar-refractivity contribution in [2.24, 2.45) is 7.05 Å². The lowest BCUT2D eigenvalue weighted by atomic mass is 10.1. The summed E-state index contributed by atoms with van der Waals surface area (Å²) in [5, 5.41) is 16.4. The smallest absolute Gasteiger partial charge is 0.176 e. The lowest BCUT2D eigenvalue weighted by Gasteiger charge is -2.22. The zero-order chi connectivity index (χ0) is 11.4. The standard InChI is InChI=1S/C10H19N5S/c1-3-11-8(9-5-4-6-16-9)7-10-12-14-15(2)13-10/h8-9,11H,3-7H2,1-2H3. The van der Waals surface area contributed by atoms with Crippen molar-refractivity contribution in [1.82, 2.24) is 25.5 Å². The lowest BCUT2D eigenvalue weighted by molar-refractivity contribution is 0.485. The maximum Gasteiger partial charge on any atom is 0.176 e. The van der Waals surface area contributed by atoms with Gasteiger partial charge in [0.2, 0.25) is 0 Å². The van der Waals surface area contributed by atoms with Crippen LogP contribution in [0.3, 0.4) is 0 Å². The van der Waals surface area contributed by atoms with Crippen LogP contribution in [0.1, 0.15) is 25.6 Å². The van der Waals surface area contributed by atoms with E-state index in [1.807, 2.05) is 7.05 Å². The lowest BCUT2D eigenvalue weighted by Crippen LogP contribution is -2.39. The van der Waals surface area contributed by atoms with E-state index in [0.717, 1.165) is 18.8 Å². The number of rotatable bonds is 5. The molecular weight excluding hydrogens is 222 g/mol. The van der Waals surface area contributed by atoms with Crippen LogP contribution < -0.4 is 5.32 Å². The first-order chi connectivity index (χ1) is 7.79. The minimum atomic E-state index is 0.488. The number of tetrazole rings is 1. The maximum absolute atomic E-state index is 4.25. The van der Waals surface area contributed by atoms with Crippen molar-refractivity contribution in [3.05, 3.63) is 5.82 Å². The fraction of sp³-hybridized carbons (Fsp3) is 0.900. The molecule has 2 heterocycles. The molecule has 1 N–H and O–H groups in total. The Morgan fingerprint density at radius 2 is 2.50 bits per heavy atom. The summed E-state index contributed by atoms with van der Waals surface area (Å²) in [5.41, 5.74) is 0. The largest absolute Gasteiger partial charge is 0.313 e. The topological polar surface area (TPSA) is 55.6 Å². The average molecular weight is 241 g/mol. The number of nitrogens with zero attached hydrogens (tertiary/aromatic N) is 4. The third kappa shape index (κ3) is 2.95. The first-order valence-electron chi connectivity index (χ1n) is 5.87. The van der Waals surface area contributed by atoms with Crippen molar-refractivity contribution in [1.29, 1.82) is 0 Å². The highest BCUT2D eigenvalue weighted by molar-refractivity contribution is 8.00. The van der Waals surface area contributed by atoms with Gasteiger partial charge in [-0.25, -0.2) is 0 Å².